The minimum Gasteiger partial charge on any atom is -0.355 e. The van der Waals surface area contributed by atoms with E-state index in [1.165, 1.54) is 5.56 Å². The summed E-state index contributed by atoms with van der Waals surface area (Å²) in [7, 11) is -1.43. The molecule has 0 bridgehead atoms. The van der Waals surface area contributed by atoms with Crippen molar-refractivity contribution in [2.75, 3.05) is 22.4 Å². The van der Waals surface area contributed by atoms with Gasteiger partial charge in [-0.3, -0.25) is 4.72 Å². The van der Waals surface area contributed by atoms with Crippen molar-refractivity contribution < 1.29 is 8.42 Å². The van der Waals surface area contributed by atoms with Crippen molar-refractivity contribution in [1.29, 1.82) is 0 Å². The molecule has 1 aromatic heterocycles. The molecule has 0 fully saturated rings. The maximum absolute atomic E-state index is 12.3. The average molecular weight is 396 g/mol. The molecule has 0 atom stereocenters. The number of sulfonamides is 1. The van der Waals surface area contributed by atoms with Crippen LogP contribution in [0.25, 0.3) is 0 Å². The molecule has 0 aliphatic heterocycles. The second-order valence-corrected chi connectivity index (χ2v) is 8.60. The van der Waals surface area contributed by atoms with Gasteiger partial charge in [-0.05, 0) is 36.1 Å². The fourth-order valence-corrected chi connectivity index (χ4v) is 4.06. The lowest BCUT2D eigenvalue weighted by atomic mass is 10.1. The maximum atomic E-state index is 12.3. The van der Waals surface area contributed by atoms with Crippen LogP contribution in [0, 0.1) is 0 Å². The molecule has 28 heavy (non-hydrogen) atoms. The molecule has 0 aliphatic rings. The Morgan fingerprint density at radius 3 is 2.14 bits per heavy atom. The Bertz CT molecular complexity index is 960. The van der Waals surface area contributed by atoms with Crippen LogP contribution in [0.15, 0.2) is 79.0 Å². The standard InChI is InChI=1S/C22H25N3O2S/c1-25(18-20-11-6-3-7-12-20)22-15-14-21(17-23-22)24-28(26,27)16-8-13-19-9-4-2-5-10-19/h2-7,9-12,14-15,17,24H,8,13,16,18H2,1H3. The second kappa shape index (κ2) is 9.37. The van der Waals surface area contributed by atoms with Crippen LogP contribution in [-0.2, 0) is 23.0 Å². The Labute approximate surface area is 167 Å². The SMILES string of the molecule is CN(Cc1ccccc1)c1ccc(NS(=O)(=O)CCCc2ccccc2)cn1. The summed E-state index contributed by atoms with van der Waals surface area (Å²) in [5.74, 6) is 0.869. The van der Waals surface area contributed by atoms with E-state index >= 15 is 0 Å². The zero-order chi connectivity index (χ0) is 19.8. The molecule has 0 spiro atoms. The molecule has 0 radical (unpaired) electrons. The third kappa shape index (κ3) is 6.09. The average Bonchev–Trinajstić information content (AvgIpc) is 2.69. The monoisotopic (exact) mass is 395 g/mol. The van der Waals surface area contributed by atoms with Crippen LogP contribution in [0.5, 0.6) is 0 Å². The van der Waals surface area contributed by atoms with E-state index < -0.39 is 10.0 Å². The first-order chi connectivity index (χ1) is 13.5. The number of benzene rings is 2. The molecule has 2 aromatic carbocycles. The summed E-state index contributed by atoms with van der Waals surface area (Å²) < 4.78 is 27.2. The van der Waals surface area contributed by atoms with Crippen molar-refractivity contribution in [2.24, 2.45) is 0 Å². The molecule has 1 heterocycles. The zero-order valence-electron chi connectivity index (χ0n) is 16.0. The second-order valence-electron chi connectivity index (χ2n) is 6.76. The molecule has 0 unspecified atom stereocenters. The van der Waals surface area contributed by atoms with Crippen LogP contribution in [0.3, 0.4) is 0 Å². The highest BCUT2D eigenvalue weighted by Crippen LogP contribution is 2.16. The van der Waals surface area contributed by atoms with Gasteiger partial charge in [0.1, 0.15) is 5.82 Å². The number of nitrogens with one attached hydrogen (secondary N) is 1. The van der Waals surface area contributed by atoms with Crippen LogP contribution < -0.4 is 9.62 Å². The quantitative estimate of drug-likeness (QED) is 0.593. The van der Waals surface area contributed by atoms with Crippen LogP contribution in [0.2, 0.25) is 0 Å². The van der Waals surface area contributed by atoms with Crippen LogP contribution >= 0.6 is 0 Å². The number of aromatic nitrogens is 1. The third-order valence-corrected chi connectivity index (χ3v) is 5.77. The summed E-state index contributed by atoms with van der Waals surface area (Å²) >= 11 is 0. The van der Waals surface area contributed by atoms with Gasteiger partial charge in [-0.2, -0.15) is 0 Å². The van der Waals surface area contributed by atoms with Crippen LogP contribution in [0.4, 0.5) is 11.5 Å². The molecule has 5 nitrogen and oxygen atoms in total. The lowest BCUT2D eigenvalue weighted by Gasteiger charge is -2.18. The first-order valence-corrected chi connectivity index (χ1v) is 10.9. The Balaban J connectivity index is 1.52. The van der Waals surface area contributed by atoms with Gasteiger partial charge >= 0.3 is 0 Å². The number of hydrogen-bond donors (Lipinski definition) is 1. The van der Waals surface area contributed by atoms with Gasteiger partial charge in [0.05, 0.1) is 17.6 Å². The predicted molar refractivity (Wildman–Crippen MR) is 115 cm³/mol. The fraction of sp³-hybridized carbons (Fsp3) is 0.227. The molecule has 1 N–H and O–H groups in total. The Kier molecular flexibility index (Phi) is 6.66. The van der Waals surface area contributed by atoms with Gasteiger partial charge in [-0.15, -0.1) is 0 Å². The molecule has 146 valence electrons. The van der Waals surface area contributed by atoms with E-state index in [1.54, 1.807) is 12.3 Å². The number of pyridine rings is 1. The summed E-state index contributed by atoms with van der Waals surface area (Å²) in [5.41, 5.74) is 2.82. The van der Waals surface area contributed by atoms with Crippen LogP contribution in [0.1, 0.15) is 17.5 Å². The van der Waals surface area contributed by atoms with Crippen molar-refractivity contribution >= 4 is 21.5 Å². The van der Waals surface area contributed by atoms with Crippen molar-refractivity contribution in [3.8, 4) is 0 Å². The molecular weight excluding hydrogens is 370 g/mol. The number of aryl methyl sites for hydroxylation is 1. The van der Waals surface area contributed by atoms with Crippen molar-refractivity contribution in [3.05, 3.63) is 90.1 Å². The molecule has 3 aromatic rings. The van der Waals surface area contributed by atoms with E-state index in [9.17, 15) is 8.42 Å². The van der Waals surface area contributed by atoms with Gasteiger partial charge in [0.2, 0.25) is 10.0 Å². The summed E-state index contributed by atoms with van der Waals surface area (Å²) in [6.45, 7) is 0.735. The largest absolute Gasteiger partial charge is 0.355 e. The Morgan fingerprint density at radius 1 is 0.893 bits per heavy atom. The lowest BCUT2D eigenvalue weighted by Crippen LogP contribution is -2.19. The van der Waals surface area contributed by atoms with Gasteiger partial charge in [-0.1, -0.05) is 60.7 Å². The highest BCUT2D eigenvalue weighted by molar-refractivity contribution is 7.92. The first-order valence-electron chi connectivity index (χ1n) is 9.27. The Morgan fingerprint density at radius 2 is 1.54 bits per heavy atom. The molecule has 0 amide bonds. The van der Waals surface area contributed by atoms with Crippen molar-refractivity contribution in [2.45, 2.75) is 19.4 Å². The normalized spacial score (nSPS) is 11.2. The molecule has 0 saturated heterocycles. The van der Waals surface area contributed by atoms with E-state index in [0.29, 0.717) is 12.1 Å². The van der Waals surface area contributed by atoms with E-state index in [-0.39, 0.29) is 5.75 Å². The zero-order valence-corrected chi connectivity index (χ0v) is 16.8. The van der Waals surface area contributed by atoms with Gasteiger partial charge in [0, 0.05) is 13.6 Å². The molecule has 0 aliphatic carbocycles. The predicted octanol–water partition coefficient (Wildman–Crippen LogP) is 4.09. The smallest absolute Gasteiger partial charge is 0.232 e. The maximum Gasteiger partial charge on any atom is 0.232 e. The highest BCUT2D eigenvalue weighted by atomic mass is 32.2. The van der Waals surface area contributed by atoms with E-state index in [0.717, 1.165) is 24.3 Å². The highest BCUT2D eigenvalue weighted by Gasteiger charge is 2.11. The van der Waals surface area contributed by atoms with E-state index in [4.69, 9.17) is 0 Å². The minimum atomic E-state index is -3.39. The lowest BCUT2D eigenvalue weighted by molar-refractivity contribution is 0.598. The van der Waals surface area contributed by atoms with Gasteiger partial charge in [0.25, 0.3) is 0 Å². The molecule has 6 heteroatoms. The molecular formula is C22H25N3O2S. The topological polar surface area (TPSA) is 62.3 Å². The minimum absolute atomic E-state index is 0.0809. The van der Waals surface area contributed by atoms with Crippen molar-refractivity contribution in [1.82, 2.24) is 4.98 Å². The summed E-state index contributed by atoms with van der Waals surface area (Å²) in [6.07, 6.45) is 2.87. The van der Waals surface area contributed by atoms with Crippen molar-refractivity contribution in [3.63, 3.8) is 0 Å². The number of anilines is 2. The van der Waals surface area contributed by atoms with Gasteiger partial charge < -0.3 is 4.90 Å². The van der Waals surface area contributed by atoms with E-state index in [1.807, 2.05) is 66.5 Å². The molecule has 3 rings (SSSR count). The third-order valence-electron chi connectivity index (χ3n) is 4.40. The van der Waals surface area contributed by atoms with Crippen LogP contribution in [-0.4, -0.2) is 26.2 Å². The number of hydrogen-bond acceptors (Lipinski definition) is 4. The summed E-state index contributed by atoms with van der Waals surface area (Å²) in [4.78, 5) is 6.41. The van der Waals surface area contributed by atoms with Gasteiger partial charge in [-0.25, -0.2) is 13.4 Å². The summed E-state index contributed by atoms with van der Waals surface area (Å²) in [5, 5.41) is 0. The number of nitrogens with zero attached hydrogens (tertiary/aromatic N) is 2. The first kappa shape index (κ1) is 19.9. The summed E-state index contributed by atoms with van der Waals surface area (Å²) in [6, 6.07) is 23.6. The molecule has 0 saturated carbocycles. The fourth-order valence-electron chi connectivity index (χ4n) is 2.95. The van der Waals surface area contributed by atoms with E-state index in [2.05, 4.69) is 21.8 Å². The number of rotatable bonds is 9. The Hall–Kier alpha value is -2.86. The van der Waals surface area contributed by atoms with Gasteiger partial charge in [0.15, 0.2) is 0 Å².